The van der Waals surface area contributed by atoms with Gasteiger partial charge in [-0.3, -0.25) is 14.7 Å². The first-order chi connectivity index (χ1) is 12.2. The Morgan fingerprint density at radius 3 is 2.88 bits per heavy atom. The van der Waals surface area contributed by atoms with Crippen LogP contribution in [0.25, 0.3) is 10.8 Å². The normalized spacial score (nSPS) is 17.5. The van der Waals surface area contributed by atoms with Crippen molar-refractivity contribution < 1.29 is 0 Å². The lowest BCUT2D eigenvalue weighted by molar-refractivity contribution is 0.247. The standard InChI is InChI=1S/C20H22N4O/c1-23(18-8-11-24(14-18)17-6-9-21-10-7-17)13-16-12-15-4-2-3-5-19(15)20(25)22-16/h2-7,9-10,12,18H,8,11,13-14H2,1H3,(H,22,25). The molecule has 1 aliphatic rings. The fourth-order valence-corrected chi connectivity index (χ4v) is 3.64. The van der Waals surface area contributed by atoms with Crippen molar-refractivity contribution in [2.75, 3.05) is 25.0 Å². The molecule has 1 fully saturated rings. The van der Waals surface area contributed by atoms with Crippen molar-refractivity contribution in [2.45, 2.75) is 19.0 Å². The molecule has 1 N–H and O–H groups in total. The van der Waals surface area contributed by atoms with Crippen LogP contribution in [0.2, 0.25) is 0 Å². The molecule has 1 aliphatic heterocycles. The summed E-state index contributed by atoms with van der Waals surface area (Å²) in [7, 11) is 2.13. The maximum atomic E-state index is 12.3. The zero-order valence-electron chi connectivity index (χ0n) is 14.4. The van der Waals surface area contributed by atoms with Crippen LogP contribution in [-0.2, 0) is 6.54 Å². The van der Waals surface area contributed by atoms with Crippen LogP contribution in [0.5, 0.6) is 0 Å². The first-order valence-corrected chi connectivity index (χ1v) is 8.67. The third kappa shape index (κ3) is 3.28. The predicted octanol–water partition coefficient (Wildman–Crippen LogP) is 2.63. The molecule has 0 saturated carbocycles. The molecule has 0 bridgehead atoms. The fraction of sp³-hybridized carbons (Fsp3) is 0.300. The minimum absolute atomic E-state index is 0.00802. The van der Waals surface area contributed by atoms with Gasteiger partial charge in [0.2, 0.25) is 0 Å². The van der Waals surface area contributed by atoms with Gasteiger partial charge in [-0.1, -0.05) is 18.2 Å². The number of hydrogen-bond donors (Lipinski definition) is 1. The van der Waals surface area contributed by atoms with Gasteiger partial charge in [0, 0.05) is 54.8 Å². The molecule has 0 aliphatic carbocycles. The number of nitrogens with zero attached hydrogens (tertiary/aromatic N) is 3. The van der Waals surface area contributed by atoms with E-state index in [0.29, 0.717) is 6.04 Å². The Kier molecular flexibility index (Phi) is 4.24. The summed E-state index contributed by atoms with van der Waals surface area (Å²) in [4.78, 5) is 24.1. The number of aromatic amines is 1. The highest BCUT2D eigenvalue weighted by Gasteiger charge is 2.26. The SMILES string of the molecule is CN(Cc1cc2ccccc2c(=O)[nH]1)C1CCN(c2ccncc2)C1. The van der Waals surface area contributed by atoms with E-state index in [2.05, 4.69) is 45.0 Å². The summed E-state index contributed by atoms with van der Waals surface area (Å²) >= 11 is 0. The van der Waals surface area contributed by atoms with Crippen molar-refractivity contribution in [1.29, 1.82) is 0 Å². The number of rotatable bonds is 4. The van der Waals surface area contributed by atoms with Crippen molar-refractivity contribution in [3.05, 3.63) is 70.9 Å². The van der Waals surface area contributed by atoms with E-state index in [4.69, 9.17) is 0 Å². The molecule has 4 rings (SSSR count). The molecule has 1 aromatic carbocycles. The van der Waals surface area contributed by atoms with Gasteiger partial charge in [-0.25, -0.2) is 0 Å². The second-order valence-corrected chi connectivity index (χ2v) is 6.72. The van der Waals surface area contributed by atoms with E-state index in [1.54, 1.807) is 0 Å². The first-order valence-electron chi connectivity index (χ1n) is 8.67. The van der Waals surface area contributed by atoms with Crippen molar-refractivity contribution in [2.24, 2.45) is 0 Å². The number of hydrogen-bond acceptors (Lipinski definition) is 4. The molecule has 5 heteroatoms. The fourth-order valence-electron chi connectivity index (χ4n) is 3.64. The van der Waals surface area contributed by atoms with Gasteiger partial charge in [0.05, 0.1) is 0 Å². The van der Waals surface area contributed by atoms with E-state index in [0.717, 1.165) is 42.5 Å². The Hall–Kier alpha value is -2.66. The van der Waals surface area contributed by atoms with Gasteiger partial charge in [-0.2, -0.15) is 0 Å². The van der Waals surface area contributed by atoms with Crippen LogP contribution < -0.4 is 10.5 Å². The Labute approximate surface area is 146 Å². The number of pyridine rings is 2. The largest absolute Gasteiger partial charge is 0.370 e. The molecule has 1 atom stereocenters. The maximum Gasteiger partial charge on any atom is 0.256 e. The zero-order valence-corrected chi connectivity index (χ0v) is 14.4. The maximum absolute atomic E-state index is 12.3. The molecule has 2 aromatic heterocycles. The molecular formula is C20H22N4O. The van der Waals surface area contributed by atoms with E-state index >= 15 is 0 Å². The summed E-state index contributed by atoms with van der Waals surface area (Å²) in [5.41, 5.74) is 2.19. The number of likely N-dealkylation sites (N-methyl/N-ethyl adjacent to an activating group) is 1. The number of fused-ring (bicyclic) bond motifs is 1. The average molecular weight is 334 g/mol. The molecular weight excluding hydrogens is 312 g/mol. The van der Waals surface area contributed by atoms with Crippen molar-refractivity contribution in [3.63, 3.8) is 0 Å². The minimum Gasteiger partial charge on any atom is -0.370 e. The lowest BCUT2D eigenvalue weighted by Crippen LogP contribution is -2.34. The van der Waals surface area contributed by atoms with Crippen LogP contribution in [-0.4, -0.2) is 41.0 Å². The number of aromatic nitrogens is 2. The van der Waals surface area contributed by atoms with Crippen molar-refractivity contribution >= 4 is 16.5 Å². The molecule has 128 valence electrons. The summed E-state index contributed by atoms with van der Waals surface area (Å²) in [5, 5.41) is 1.75. The first kappa shape index (κ1) is 15.8. The van der Waals surface area contributed by atoms with Gasteiger partial charge in [-0.15, -0.1) is 0 Å². The van der Waals surface area contributed by atoms with E-state index in [-0.39, 0.29) is 5.56 Å². The van der Waals surface area contributed by atoms with Gasteiger partial charge in [0.1, 0.15) is 0 Å². The number of benzene rings is 1. The molecule has 1 saturated heterocycles. The van der Waals surface area contributed by atoms with Gasteiger partial charge in [-0.05, 0) is 43.1 Å². The van der Waals surface area contributed by atoms with Crippen LogP contribution in [0.4, 0.5) is 5.69 Å². The quantitative estimate of drug-likeness (QED) is 0.797. The topological polar surface area (TPSA) is 52.2 Å². The van der Waals surface area contributed by atoms with E-state index in [1.807, 2.05) is 36.7 Å². The van der Waals surface area contributed by atoms with Gasteiger partial charge in [0.15, 0.2) is 0 Å². The Morgan fingerprint density at radius 1 is 1.24 bits per heavy atom. The third-order valence-corrected chi connectivity index (χ3v) is 5.04. The number of anilines is 1. The molecule has 25 heavy (non-hydrogen) atoms. The van der Waals surface area contributed by atoms with Gasteiger partial charge < -0.3 is 9.88 Å². The highest BCUT2D eigenvalue weighted by atomic mass is 16.1. The summed E-state index contributed by atoms with van der Waals surface area (Å²) in [6.07, 6.45) is 4.80. The summed E-state index contributed by atoms with van der Waals surface area (Å²) in [6.45, 7) is 2.79. The lowest BCUT2D eigenvalue weighted by atomic mass is 10.1. The molecule has 3 aromatic rings. The minimum atomic E-state index is -0.00802. The number of H-pyrrole nitrogens is 1. The van der Waals surface area contributed by atoms with Crippen LogP contribution in [0.15, 0.2) is 59.7 Å². The smallest absolute Gasteiger partial charge is 0.256 e. The third-order valence-electron chi connectivity index (χ3n) is 5.04. The van der Waals surface area contributed by atoms with Crippen molar-refractivity contribution in [1.82, 2.24) is 14.9 Å². The van der Waals surface area contributed by atoms with Crippen LogP contribution in [0.3, 0.4) is 0 Å². The lowest BCUT2D eigenvalue weighted by Gasteiger charge is -2.25. The highest BCUT2D eigenvalue weighted by molar-refractivity contribution is 5.81. The van der Waals surface area contributed by atoms with Gasteiger partial charge >= 0.3 is 0 Å². The van der Waals surface area contributed by atoms with E-state index in [1.165, 1.54) is 5.69 Å². The van der Waals surface area contributed by atoms with Crippen LogP contribution in [0.1, 0.15) is 12.1 Å². The molecule has 5 nitrogen and oxygen atoms in total. The number of nitrogens with one attached hydrogen (secondary N) is 1. The second-order valence-electron chi connectivity index (χ2n) is 6.72. The van der Waals surface area contributed by atoms with E-state index in [9.17, 15) is 4.79 Å². The molecule has 0 spiro atoms. The Bertz CT molecular complexity index is 922. The average Bonchev–Trinajstić information content (AvgIpc) is 3.13. The van der Waals surface area contributed by atoms with Crippen molar-refractivity contribution in [3.8, 4) is 0 Å². The summed E-state index contributed by atoms with van der Waals surface area (Å²) < 4.78 is 0. The molecule has 0 amide bonds. The molecule has 0 radical (unpaired) electrons. The van der Waals surface area contributed by atoms with Crippen LogP contribution in [0, 0.1) is 0 Å². The zero-order chi connectivity index (χ0) is 17.2. The summed E-state index contributed by atoms with van der Waals surface area (Å²) in [6, 6.07) is 14.4. The highest BCUT2D eigenvalue weighted by Crippen LogP contribution is 2.22. The Balaban J connectivity index is 1.47. The molecule has 1 unspecified atom stereocenters. The summed E-state index contributed by atoms with van der Waals surface area (Å²) in [5.74, 6) is 0. The molecule has 3 heterocycles. The second kappa shape index (κ2) is 6.69. The predicted molar refractivity (Wildman–Crippen MR) is 101 cm³/mol. The van der Waals surface area contributed by atoms with Crippen LogP contribution >= 0.6 is 0 Å². The van der Waals surface area contributed by atoms with Gasteiger partial charge in [0.25, 0.3) is 5.56 Å². The Morgan fingerprint density at radius 2 is 2.04 bits per heavy atom. The van der Waals surface area contributed by atoms with E-state index < -0.39 is 0 Å². The monoisotopic (exact) mass is 334 g/mol.